The van der Waals surface area contributed by atoms with Crippen molar-refractivity contribution < 1.29 is 18.7 Å². The molecule has 2 aromatic rings. The summed E-state index contributed by atoms with van der Waals surface area (Å²) in [6, 6.07) is 0.118. The molecule has 1 aromatic heterocycles. The molecule has 0 saturated heterocycles. The lowest BCUT2D eigenvalue weighted by atomic mass is 10.0. The molecule has 8 heteroatoms. The van der Waals surface area contributed by atoms with Gasteiger partial charge in [-0.25, -0.2) is 9.18 Å². The maximum absolute atomic E-state index is 14.8. The van der Waals surface area contributed by atoms with E-state index in [1.807, 2.05) is 4.57 Å². The lowest BCUT2D eigenvalue weighted by Gasteiger charge is -2.19. The Morgan fingerprint density at radius 2 is 2.08 bits per heavy atom. The number of anilines is 1. The van der Waals surface area contributed by atoms with Crippen molar-refractivity contribution in [2.45, 2.75) is 39.7 Å². The van der Waals surface area contributed by atoms with Crippen LogP contribution in [0.2, 0.25) is 0 Å². The zero-order valence-corrected chi connectivity index (χ0v) is 16.2. The van der Waals surface area contributed by atoms with E-state index in [1.54, 1.807) is 13.8 Å². The van der Waals surface area contributed by atoms with Crippen molar-refractivity contribution >= 4 is 44.4 Å². The molecule has 0 aliphatic heterocycles. The highest BCUT2D eigenvalue weighted by molar-refractivity contribution is 9.10. The average molecular weight is 425 g/mol. The Morgan fingerprint density at radius 3 is 2.62 bits per heavy atom. The largest absolute Gasteiger partial charge is 0.462 e. The van der Waals surface area contributed by atoms with Gasteiger partial charge in [-0.2, -0.15) is 0 Å². The molecule has 26 heavy (non-hydrogen) atoms. The molecular weight excluding hydrogens is 407 g/mol. The molecule has 0 atom stereocenters. The Balaban J connectivity index is 2.48. The number of ether oxygens (including phenoxy) is 1. The van der Waals surface area contributed by atoms with Crippen LogP contribution in [0.3, 0.4) is 0 Å². The summed E-state index contributed by atoms with van der Waals surface area (Å²) in [5.74, 6) is -2.02. The summed E-state index contributed by atoms with van der Waals surface area (Å²) >= 11 is 3.21. The number of halogens is 2. The fourth-order valence-corrected chi connectivity index (χ4v) is 3.41. The van der Waals surface area contributed by atoms with Crippen molar-refractivity contribution in [2.75, 3.05) is 11.9 Å². The summed E-state index contributed by atoms with van der Waals surface area (Å²) in [6.07, 6.45) is 3.27. The Labute approximate surface area is 157 Å². The number of rotatable bonds is 4. The molecule has 1 aliphatic carbocycles. The van der Waals surface area contributed by atoms with Gasteiger partial charge in [-0.15, -0.1) is 0 Å². The lowest BCUT2D eigenvalue weighted by Crippen LogP contribution is -2.23. The molecule has 1 saturated carbocycles. The summed E-state index contributed by atoms with van der Waals surface area (Å²) in [7, 11) is 0. The normalized spacial score (nSPS) is 13.7. The highest BCUT2D eigenvalue weighted by atomic mass is 79.9. The molecule has 0 unspecified atom stereocenters. The van der Waals surface area contributed by atoms with Crippen LogP contribution in [0.1, 0.15) is 48.7 Å². The molecule has 1 fully saturated rings. The first-order valence-electron chi connectivity index (χ1n) is 8.29. The third-order valence-corrected chi connectivity index (χ3v) is 5.26. The van der Waals surface area contributed by atoms with Crippen molar-refractivity contribution in [1.29, 1.82) is 0 Å². The molecule has 0 bridgehead atoms. The van der Waals surface area contributed by atoms with Crippen LogP contribution < -0.4 is 10.7 Å². The van der Waals surface area contributed by atoms with Gasteiger partial charge in [0.05, 0.1) is 27.7 Å². The zero-order valence-electron chi connectivity index (χ0n) is 14.6. The van der Waals surface area contributed by atoms with Crippen LogP contribution in [0.5, 0.6) is 0 Å². The molecular formula is C18H18BrFN2O4. The summed E-state index contributed by atoms with van der Waals surface area (Å²) < 4.78 is 21.8. The highest BCUT2D eigenvalue weighted by Crippen LogP contribution is 2.41. The maximum Gasteiger partial charge on any atom is 0.343 e. The predicted octanol–water partition coefficient (Wildman–Crippen LogP) is 3.68. The van der Waals surface area contributed by atoms with Gasteiger partial charge in [0.25, 0.3) is 0 Å². The second kappa shape index (κ2) is 6.83. The molecule has 1 heterocycles. The van der Waals surface area contributed by atoms with E-state index >= 15 is 0 Å². The number of nitrogens with one attached hydrogen (secondary N) is 1. The summed E-state index contributed by atoms with van der Waals surface area (Å²) in [4.78, 5) is 36.8. The Hall–Kier alpha value is -2.22. The standard InChI is InChI=1S/C18H18BrFN2O4/c1-4-26-18(25)11-7-22(10-5-6-10)16-8(2)13(19)14(20)15(21-9(3)23)12(16)17(11)24/h7,10H,4-6H2,1-3H3,(H,21,23). The number of esters is 1. The van der Waals surface area contributed by atoms with Gasteiger partial charge in [-0.05, 0) is 48.2 Å². The van der Waals surface area contributed by atoms with Gasteiger partial charge in [0.2, 0.25) is 11.3 Å². The van der Waals surface area contributed by atoms with E-state index < -0.39 is 23.1 Å². The smallest absolute Gasteiger partial charge is 0.343 e. The van der Waals surface area contributed by atoms with E-state index in [0.29, 0.717) is 11.1 Å². The first kappa shape index (κ1) is 18.6. The van der Waals surface area contributed by atoms with Crippen LogP contribution in [0, 0.1) is 12.7 Å². The monoisotopic (exact) mass is 424 g/mol. The second-order valence-corrected chi connectivity index (χ2v) is 7.06. The summed E-state index contributed by atoms with van der Waals surface area (Å²) in [5.41, 5.74) is -0.0170. The van der Waals surface area contributed by atoms with E-state index in [4.69, 9.17) is 4.74 Å². The summed E-state index contributed by atoms with van der Waals surface area (Å²) in [6.45, 7) is 4.68. The number of carbonyl (C=O) groups excluding carboxylic acids is 2. The molecule has 1 aliphatic rings. The number of pyridine rings is 1. The van der Waals surface area contributed by atoms with E-state index in [-0.39, 0.29) is 33.8 Å². The Bertz CT molecular complexity index is 995. The number of carbonyl (C=O) groups is 2. The van der Waals surface area contributed by atoms with Crippen molar-refractivity contribution in [2.24, 2.45) is 0 Å². The van der Waals surface area contributed by atoms with Crippen molar-refractivity contribution in [3.8, 4) is 0 Å². The van der Waals surface area contributed by atoms with Crippen LogP contribution >= 0.6 is 15.9 Å². The zero-order chi connectivity index (χ0) is 19.2. The van der Waals surface area contributed by atoms with E-state index in [2.05, 4.69) is 21.2 Å². The van der Waals surface area contributed by atoms with Gasteiger partial charge in [0.15, 0.2) is 5.82 Å². The van der Waals surface area contributed by atoms with Crippen LogP contribution in [0.4, 0.5) is 10.1 Å². The summed E-state index contributed by atoms with van der Waals surface area (Å²) in [5, 5.41) is 2.38. The lowest BCUT2D eigenvalue weighted by molar-refractivity contribution is -0.114. The van der Waals surface area contributed by atoms with Gasteiger partial charge >= 0.3 is 5.97 Å². The van der Waals surface area contributed by atoms with Crippen LogP contribution in [-0.2, 0) is 9.53 Å². The number of aryl methyl sites for hydroxylation is 1. The average Bonchev–Trinajstić information content (AvgIpc) is 3.41. The topological polar surface area (TPSA) is 77.4 Å². The fraction of sp³-hybridized carbons (Fsp3) is 0.389. The molecule has 0 radical (unpaired) electrons. The van der Waals surface area contributed by atoms with Crippen LogP contribution in [0.25, 0.3) is 10.9 Å². The molecule has 0 spiro atoms. The number of nitrogens with zero attached hydrogens (tertiary/aromatic N) is 1. The minimum atomic E-state index is -0.761. The van der Waals surface area contributed by atoms with Gasteiger partial charge in [-0.3, -0.25) is 9.59 Å². The highest BCUT2D eigenvalue weighted by Gasteiger charge is 2.31. The predicted molar refractivity (Wildman–Crippen MR) is 99.1 cm³/mol. The van der Waals surface area contributed by atoms with Crippen molar-refractivity contribution in [3.05, 3.63) is 37.8 Å². The molecule has 1 N–H and O–H groups in total. The third kappa shape index (κ3) is 3.02. The molecule has 1 aromatic carbocycles. The van der Waals surface area contributed by atoms with Crippen molar-refractivity contribution in [1.82, 2.24) is 4.57 Å². The Kier molecular flexibility index (Phi) is 4.88. The maximum atomic E-state index is 14.8. The number of benzene rings is 1. The number of fused-ring (bicyclic) bond motifs is 1. The van der Waals surface area contributed by atoms with E-state index in [0.717, 1.165) is 12.8 Å². The van der Waals surface area contributed by atoms with E-state index in [9.17, 15) is 18.8 Å². The molecule has 1 amide bonds. The van der Waals surface area contributed by atoms with E-state index in [1.165, 1.54) is 13.1 Å². The SMILES string of the molecule is CCOC(=O)c1cn(C2CC2)c2c(C)c(Br)c(F)c(NC(C)=O)c2c1=O. The first-order chi connectivity index (χ1) is 12.3. The number of hydrogen-bond donors (Lipinski definition) is 1. The number of aromatic nitrogens is 1. The van der Waals surface area contributed by atoms with Gasteiger partial charge < -0.3 is 14.6 Å². The van der Waals surface area contributed by atoms with Gasteiger partial charge in [0.1, 0.15) is 5.56 Å². The fourth-order valence-electron chi connectivity index (χ4n) is 3.02. The Morgan fingerprint density at radius 1 is 1.42 bits per heavy atom. The van der Waals surface area contributed by atoms with Crippen LogP contribution in [0.15, 0.2) is 15.5 Å². The molecule has 3 rings (SSSR count). The van der Waals surface area contributed by atoms with Crippen LogP contribution in [-0.4, -0.2) is 23.1 Å². The first-order valence-corrected chi connectivity index (χ1v) is 9.08. The molecule has 6 nitrogen and oxygen atoms in total. The minimum absolute atomic E-state index is 0.0177. The number of hydrogen-bond acceptors (Lipinski definition) is 4. The molecule has 138 valence electrons. The third-order valence-electron chi connectivity index (χ3n) is 4.32. The quantitative estimate of drug-likeness (QED) is 0.759. The second-order valence-electron chi connectivity index (χ2n) is 6.26. The van der Waals surface area contributed by atoms with Crippen molar-refractivity contribution in [3.63, 3.8) is 0 Å². The van der Waals surface area contributed by atoms with Gasteiger partial charge in [-0.1, -0.05) is 0 Å². The minimum Gasteiger partial charge on any atom is -0.462 e. The number of amides is 1. The van der Waals surface area contributed by atoms with Gasteiger partial charge in [0, 0.05) is 19.2 Å².